The van der Waals surface area contributed by atoms with Gasteiger partial charge in [-0.15, -0.1) is 11.8 Å². The molecule has 1 spiro atoms. The fourth-order valence-electron chi connectivity index (χ4n) is 4.42. The van der Waals surface area contributed by atoms with Gasteiger partial charge in [-0.05, 0) is 62.1 Å². The molecule has 2 aromatic rings. The predicted molar refractivity (Wildman–Crippen MR) is 120 cm³/mol. The lowest BCUT2D eigenvalue weighted by molar-refractivity contribution is -0.142. The number of hydrogen-bond donors (Lipinski definition) is 1. The SMILES string of the molecule is COC(=O)c1ccc(OC2CCC3(CC2)SC[C@@H](C(=O)O)N3C(=O)c2ccccc2)cc1. The molecule has 2 fully saturated rings. The van der Waals surface area contributed by atoms with E-state index in [0.717, 1.165) is 0 Å². The van der Waals surface area contributed by atoms with E-state index >= 15 is 0 Å². The molecule has 0 aromatic heterocycles. The van der Waals surface area contributed by atoms with Gasteiger partial charge in [0.15, 0.2) is 0 Å². The number of carbonyl (C=O) groups excluding carboxylic acids is 2. The van der Waals surface area contributed by atoms with Crippen molar-refractivity contribution >= 4 is 29.6 Å². The largest absolute Gasteiger partial charge is 0.490 e. The van der Waals surface area contributed by atoms with Crippen molar-refractivity contribution < 1.29 is 29.0 Å². The highest BCUT2D eigenvalue weighted by Gasteiger charge is 2.53. The molecule has 1 aliphatic heterocycles. The Morgan fingerprint density at radius 3 is 2.25 bits per heavy atom. The first kappa shape index (κ1) is 22.2. The van der Waals surface area contributed by atoms with Crippen molar-refractivity contribution in [3.05, 3.63) is 65.7 Å². The van der Waals surface area contributed by atoms with Gasteiger partial charge < -0.3 is 19.5 Å². The van der Waals surface area contributed by atoms with E-state index in [1.165, 1.54) is 7.11 Å². The Hall–Kier alpha value is -3.00. The second kappa shape index (κ2) is 9.24. The highest BCUT2D eigenvalue weighted by atomic mass is 32.2. The summed E-state index contributed by atoms with van der Waals surface area (Å²) in [6, 6.07) is 14.8. The topological polar surface area (TPSA) is 93.1 Å². The molecular weight excluding hydrogens is 430 g/mol. The van der Waals surface area contributed by atoms with Crippen LogP contribution in [0.5, 0.6) is 5.75 Å². The van der Waals surface area contributed by atoms with Crippen LogP contribution in [0.1, 0.15) is 46.4 Å². The molecule has 2 aromatic carbocycles. The average Bonchev–Trinajstić information content (AvgIpc) is 3.19. The highest BCUT2D eigenvalue weighted by Crippen LogP contribution is 2.50. The number of hydrogen-bond acceptors (Lipinski definition) is 6. The van der Waals surface area contributed by atoms with Crippen LogP contribution >= 0.6 is 11.8 Å². The molecule has 0 radical (unpaired) electrons. The third kappa shape index (κ3) is 4.32. The van der Waals surface area contributed by atoms with Gasteiger partial charge in [0.2, 0.25) is 0 Å². The number of carbonyl (C=O) groups is 3. The van der Waals surface area contributed by atoms with Crippen molar-refractivity contribution in [2.45, 2.75) is 42.7 Å². The van der Waals surface area contributed by atoms with Gasteiger partial charge in [0, 0.05) is 11.3 Å². The van der Waals surface area contributed by atoms with Gasteiger partial charge in [-0.25, -0.2) is 9.59 Å². The van der Waals surface area contributed by atoms with Crippen LogP contribution in [0.15, 0.2) is 54.6 Å². The first-order chi connectivity index (χ1) is 15.4. The summed E-state index contributed by atoms with van der Waals surface area (Å²) in [5.41, 5.74) is 0.962. The molecule has 32 heavy (non-hydrogen) atoms. The maximum absolute atomic E-state index is 13.3. The number of rotatable bonds is 5. The van der Waals surface area contributed by atoms with Crippen LogP contribution in [0.4, 0.5) is 0 Å². The quantitative estimate of drug-likeness (QED) is 0.685. The monoisotopic (exact) mass is 455 g/mol. The van der Waals surface area contributed by atoms with Gasteiger partial charge in [-0.2, -0.15) is 0 Å². The molecule has 4 rings (SSSR count). The molecule has 1 amide bonds. The summed E-state index contributed by atoms with van der Waals surface area (Å²) in [4.78, 5) is 37.8. The number of aliphatic carboxylic acids is 1. The number of nitrogens with zero attached hydrogens (tertiary/aromatic N) is 1. The number of benzene rings is 2. The Morgan fingerprint density at radius 1 is 1.00 bits per heavy atom. The maximum Gasteiger partial charge on any atom is 0.337 e. The minimum atomic E-state index is -0.970. The summed E-state index contributed by atoms with van der Waals surface area (Å²) in [7, 11) is 1.34. The number of ether oxygens (including phenoxy) is 2. The lowest BCUT2D eigenvalue weighted by Gasteiger charge is -2.43. The second-order valence-electron chi connectivity index (χ2n) is 7.99. The van der Waals surface area contributed by atoms with Gasteiger partial charge in [-0.1, -0.05) is 18.2 Å². The summed E-state index contributed by atoms with van der Waals surface area (Å²) in [5, 5.41) is 9.75. The molecule has 1 atom stereocenters. The Morgan fingerprint density at radius 2 is 1.66 bits per heavy atom. The van der Waals surface area contributed by atoms with Crippen LogP contribution in [0.3, 0.4) is 0 Å². The van der Waals surface area contributed by atoms with E-state index in [0.29, 0.717) is 48.3 Å². The zero-order valence-electron chi connectivity index (χ0n) is 17.7. The smallest absolute Gasteiger partial charge is 0.337 e. The van der Waals surface area contributed by atoms with Crippen LogP contribution < -0.4 is 4.74 Å². The lowest BCUT2D eigenvalue weighted by Crippen LogP contribution is -2.54. The Labute approximate surface area is 190 Å². The molecule has 2 aliphatic rings. The summed E-state index contributed by atoms with van der Waals surface area (Å²) in [6.45, 7) is 0. The number of carboxylic acid groups (broad SMARTS) is 1. The number of esters is 1. The number of thioether (sulfide) groups is 1. The van der Waals surface area contributed by atoms with Gasteiger partial charge in [0.05, 0.1) is 23.6 Å². The van der Waals surface area contributed by atoms with E-state index in [-0.39, 0.29) is 12.0 Å². The molecule has 8 heteroatoms. The first-order valence-corrected chi connectivity index (χ1v) is 11.5. The van der Waals surface area contributed by atoms with E-state index in [1.807, 2.05) is 6.07 Å². The van der Waals surface area contributed by atoms with Gasteiger partial charge in [0.25, 0.3) is 5.91 Å². The summed E-state index contributed by atoms with van der Waals surface area (Å²) in [6.07, 6.45) is 2.69. The van der Waals surface area contributed by atoms with Crippen LogP contribution in [0.2, 0.25) is 0 Å². The molecule has 1 saturated heterocycles. The molecule has 1 N–H and O–H groups in total. The standard InChI is InChI=1S/C24H25NO6S/c1-30-23(29)17-7-9-18(10-8-17)31-19-11-13-24(14-12-19)25(20(15-32-24)22(27)28)21(26)16-5-3-2-4-6-16/h2-10,19-20H,11-15H2,1H3,(H,27,28)/t19?,20-,24?/m0/s1. The van der Waals surface area contributed by atoms with Gasteiger partial charge in [-0.3, -0.25) is 4.79 Å². The second-order valence-corrected chi connectivity index (χ2v) is 9.37. The Balaban J connectivity index is 1.46. The first-order valence-electron chi connectivity index (χ1n) is 10.5. The van der Waals surface area contributed by atoms with Crippen molar-refractivity contribution in [3.8, 4) is 5.75 Å². The molecule has 0 bridgehead atoms. The Kier molecular flexibility index (Phi) is 6.41. The van der Waals surface area contributed by atoms with E-state index in [4.69, 9.17) is 9.47 Å². The zero-order chi connectivity index (χ0) is 22.7. The molecule has 1 heterocycles. The highest BCUT2D eigenvalue weighted by molar-refractivity contribution is 8.01. The predicted octanol–water partition coefficient (Wildman–Crippen LogP) is 3.83. The van der Waals surface area contributed by atoms with E-state index < -0.39 is 22.9 Å². The third-order valence-corrected chi connectivity index (χ3v) is 7.70. The number of amides is 1. The minimum absolute atomic E-state index is 0.0391. The number of carboxylic acids is 1. The summed E-state index contributed by atoms with van der Waals surface area (Å²) in [5.74, 6) is -0.554. The maximum atomic E-state index is 13.3. The molecule has 1 aliphatic carbocycles. The summed E-state index contributed by atoms with van der Waals surface area (Å²) >= 11 is 1.57. The normalized spacial score (nSPS) is 24.8. The zero-order valence-corrected chi connectivity index (χ0v) is 18.5. The van der Waals surface area contributed by atoms with Crippen molar-refractivity contribution in [2.24, 2.45) is 0 Å². The van der Waals surface area contributed by atoms with Gasteiger partial charge >= 0.3 is 11.9 Å². The lowest BCUT2D eigenvalue weighted by atomic mass is 9.89. The van der Waals surface area contributed by atoms with Crippen molar-refractivity contribution in [1.82, 2.24) is 4.90 Å². The van der Waals surface area contributed by atoms with E-state index in [1.54, 1.807) is 65.2 Å². The molecule has 0 unspecified atom stereocenters. The summed E-state index contributed by atoms with van der Waals surface area (Å²) < 4.78 is 10.8. The van der Waals surface area contributed by atoms with Crippen LogP contribution in [-0.4, -0.2) is 57.7 Å². The minimum Gasteiger partial charge on any atom is -0.490 e. The number of methoxy groups -OCH3 is 1. The molecular formula is C24H25NO6S. The van der Waals surface area contributed by atoms with Crippen LogP contribution in [-0.2, 0) is 9.53 Å². The van der Waals surface area contributed by atoms with Crippen molar-refractivity contribution in [2.75, 3.05) is 12.9 Å². The fourth-order valence-corrected chi connectivity index (χ4v) is 6.05. The van der Waals surface area contributed by atoms with Crippen molar-refractivity contribution in [1.29, 1.82) is 0 Å². The van der Waals surface area contributed by atoms with Crippen LogP contribution in [0, 0.1) is 0 Å². The Bertz CT molecular complexity index is 985. The third-order valence-electron chi connectivity index (χ3n) is 6.08. The molecule has 168 valence electrons. The molecule has 7 nitrogen and oxygen atoms in total. The van der Waals surface area contributed by atoms with Gasteiger partial charge in [0.1, 0.15) is 11.8 Å². The average molecular weight is 456 g/mol. The van der Waals surface area contributed by atoms with E-state index in [9.17, 15) is 19.5 Å². The van der Waals surface area contributed by atoms with Crippen LogP contribution in [0.25, 0.3) is 0 Å². The van der Waals surface area contributed by atoms with Crippen molar-refractivity contribution in [3.63, 3.8) is 0 Å². The van der Waals surface area contributed by atoms with E-state index in [2.05, 4.69) is 0 Å². The molecule has 1 saturated carbocycles. The fraction of sp³-hybridized carbons (Fsp3) is 0.375.